The number of rotatable bonds is 2. The lowest BCUT2D eigenvalue weighted by Gasteiger charge is -2.10. The minimum absolute atomic E-state index is 0.179. The molecule has 2 heteroatoms. The van der Waals surface area contributed by atoms with Crippen LogP contribution in [0.15, 0.2) is 12.2 Å². The zero-order valence-electron chi connectivity index (χ0n) is 6.22. The van der Waals surface area contributed by atoms with Gasteiger partial charge >= 0.3 is 0 Å². The maximum absolute atomic E-state index is 7.91. The van der Waals surface area contributed by atoms with E-state index < -0.39 is 0 Å². The fourth-order valence-corrected chi connectivity index (χ4v) is 0.445. The summed E-state index contributed by atoms with van der Waals surface area (Å²) in [5.74, 6) is 0. The standard InChI is InChI=1S/C7H14O2/c1-7(2,3)5-4-6-9-8/h4-5,8H,6H2,1-3H3/b5-4+. The molecule has 2 nitrogen and oxygen atoms in total. The van der Waals surface area contributed by atoms with Gasteiger partial charge in [-0.15, -0.1) is 0 Å². The van der Waals surface area contributed by atoms with Gasteiger partial charge in [-0.05, 0) is 5.41 Å². The normalized spacial score (nSPS) is 12.9. The lowest BCUT2D eigenvalue weighted by molar-refractivity contribution is -0.231. The first kappa shape index (κ1) is 8.66. The fraction of sp³-hybridized carbons (Fsp3) is 0.714. The lowest BCUT2D eigenvalue weighted by Crippen LogP contribution is -1.99. The van der Waals surface area contributed by atoms with Gasteiger partial charge in [-0.1, -0.05) is 32.9 Å². The minimum atomic E-state index is 0.179. The van der Waals surface area contributed by atoms with Gasteiger partial charge in [-0.25, -0.2) is 4.89 Å². The molecular formula is C7H14O2. The predicted molar refractivity (Wildman–Crippen MR) is 37.2 cm³/mol. The summed E-state index contributed by atoms with van der Waals surface area (Å²) in [5, 5.41) is 7.91. The van der Waals surface area contributed by atoms with Crippen LogP contribution in [0.3, 0.4) is 0 Å². The summed E-state index contributed by atoms with van der Waals surface area (Å²) in [4.78, 5) is 3.85. The van der Waals surface area contributed by atoms with E-state index in [0.717, 1.165) is 0 Å². The van der Waals surface area contributed by atoms with Crippen LogP contribution in [0.1, 0.15) is 20.8 Å². The summed E-state index contributed by atoms with van der Waals surface area (Å²) in [6, 6.07) is 0. The van der Waals surface area contributed by atoms with E-state index in [1.807, 2.05) is 6.08 Å². The zero-order chi connectivity index (χ0) is 7.33. The van der Waals surface area contributed by atoms with Crippen LogP contribution in [-0.4, -0.2) is 11.9 Å². The molecule has 0 heterocycles. The van der Waals surface area contributed by atoms with Crippen LogP contribution in [-0.2, 0) is 4.89 Å². The molecule has 0 saturated carbocycles. The number of allylic oxidation sites excluding steroid dienone is 1. The van der Waals surface area contributed by atoms with Gasteiger partial charge in [0.25, 0.3) is 0 Å². The molecule has 0 aliphatic rings. The molecule has 0 unspecified atom stereocenters. The van der Waals surface area contributed by atoms with Crippen molar-refractivity contribution in [2.75, 3.05) is 6.61 Å². The molecule has 0 aromatic rings. The summed E-state index contributed by atoms with van der Waals surface area (Å²) >= 11 is 0. The first-order valence-corrected chi connectivity index (χ1v) is 3.00. The van der Waals surface area contributed by atoms with Crippen LogP contribution < -0.4 is 0 Å². The van der Waals surface area contributed by atoms with E-state index in [-0.39, 0.29) is 12.0 Å². The van der Waals surface area contributed by atoms with Crippen molar-refractivity contribution in [3.05, 3.63) is 12.2 Å². The minimum Gasteiger partial charge on any atom is -0.252 e. The van der Waals surface area contributed by atoms with Crippen LogP contribution in [0.4, 0.5) is 0 Å². The summed E-state index contributed by atoms with van der Waals surface area (Å²) < 4.78 is 0. The quantitative estimate of drug-likeness (QED) is 0.352. The van der Waals surface area contributed by atoms with Crippen LogP contribution in [0.5, 0.6) is 0 Å². The molecule has 54 valence electrons. The van der Waals surface area contributed by atoms with Crippen LogP contribution in [0.25, 0.3) is 0 Å². The van der Waals surface area contributed by atoms with E-state index in [1.165, 1.54) is 0 Å². The summed E-state index contributed by atoms with van der Waals surface area (Å²) in [7, 11) is 0. The second kappa shape index (κ2) is 3.64. The zero-order valence-corrected chi connectivity index (χ0v) is 6.22. The number of hydrogen-bond acceptors (Lipinski definition) is 2. The van der Waals surface area contributed by atoms with Crippen LogP contribution >= 0.6 is 0 Å². The van der Waals surface area contributed by atoms with Crippen molar-refractivity contribution in [3.8, 4) is 0 Å². The second-order valence-electron chi connectivity index (χ2n) is 3.06. The molecule has 0 aliphatic heterocycles. The molecule has 0 radical (unpaired) electrons. The molecule has 0 amide bonds. The molecule has 0 bridgehead atoms. The van der Waals surface area contributed by atoms with Gasteiger partial charge < -0.3 is 0 Å². The van der Waals surface area contributed by atoms with E-state index in [1.54, 1.807) is 6.08 Å². The average Bonchev–Trinajstić information content (AvgIpc) is 1.63. The Bertz CT molecular complexity index is 89.6. The molecule has 0 atom stereocenters. The van der Waals surface area contributed by atoms with Crippen molar-refractivity contribution < 1.29 is 10.1 Å². The van der Waals surface area contributed by atoms with Crippen molar-refractivity contribution in [2.45, 2.75) is 20.8 Å². The molecule has 0 aromatic carbocycles. The Morgan fingerprint density at radius 2 is 2.00 bits per heavy atom. The predicted octanol–water partition coefficient (Wildman–Crippen LogP) is 2.08. The van der Waals surface area contributed by atoms with Gasteiger partial charge in [0.2, 0.25) is 0 Å². The van der Waals surface area contributed by atoms with Gasteiger partial charge in [0.15, 0.2) is 0 Å². The fourth-order valence-electron chi connectivity index (χ4n) is 0.445. The molecule has 0 aromatic heterocycles. The summed E-state index contributed by atoms with van der Waals surface area (Å²) in [6.45, 7) is 6.53. The average molecular weight is 130 g/mol. The molecular weight excluding hydrogens is 116 g/mol. The highest BCUT2D eigenvalue weighted by Crippen LogP contribution is 2.13. The third-order valence-electron chi connectivity index (χ3n) is 0.789. The van der Waals surface area contributed by atoms with Crippen LogP contribution in [0.2, 0.25) is 0 Å². The van der Waals surface area contributed by atoms with Crippen LogP contribution in [0, 0.1) is 5.41 Å². The van der Waals surface area contributed by atoms with Crippen molar-refractivity contribution in [1.29, 1.82) is 0 Å². The highest BCUT2D eigenvalue weighted by Gasteiger charge is 2.02. The monoisotopic (exact) mass is 130 g/mol. The first-order chi connectivity index (χ1) is 4.06. The van der Waals surface area contributed by atoms with Crippen molar-refractivity contribution >= 4 is 0 Å². The summed E-state index contributed by atoms with van der Waals surface area (Å²) in [5.41, 5.74) is 0.179. The van der Waals surface area contributed by atoms with Gasteiger partial charge in [0.1, 0.15) is 6.61 Å². The van der Waals surface area contributed by atoms with Gasteiger partial charge in [-0.3, -0.25) is 5.26 Å². The second-order valence-corrected chi connectivity index (χ2v) is 3.06. The molecule has 0 fully saturated rings. The molecule has 9 heavy (non-hydrogen) atoms. The largest absolute Gasteiger partial charge is 0.252 e. The molecule has 0 spiro atoms. The van der Waals surface area contributed by atoms with Gasteiger partial charge in [-0.2, -0.15) is 0 Å². The number of hydrogen-bond donors (Lipinski definition) is 1. The van der Waals surface area contributed by atoms with E-state index in [4.69, 9.17) is 5.26 Å². The topological polar surface area (TPSA) is 29.5 Å². The van der Waals surface area contributed by atoms with Crippen molar-refractivity contribution in [3.63, 3.8) is 0 Å². The van der Waals surface area contributed by atoms with E-state index in [2.05, 4.69) is 25.7 Å². The lowest BCUT2D eigenvalue weighted by atomic mass is 9.96. The van der Waals surface area contributed by atoms with Crippen molar-refractivity contribution in [2.24, 2.45) is 5.41 Å². The first-order valence-electron chi connectivity index (χ1n) is 3.00. The third kappa shape index (κ3) is 7.66. The van der Waals surface area contributed by atoms with E-state index in [0.29, 0.717) is 0 Å². The maximum atomic E-state index is 7.91. The van der Waals surface area contributed by atoms with Crippen molar-refractivity contribution in [1.82, 2.24) is 0 Å². The Morgan fingerprint density at radius 3 is 2.33 bits per heavy atom. The Morgan fingerprint density at radius 1 is 1.44 bits per heavy atom. The van der Waals surface area contributed by atoms with E-state index in [9.17, 15) is 0 Å². The maximum Gasteiger partial charge on any atom is 0.100 e. The Labute approximate surface area is 56.1 Å². The molecule has 0 rings (SSSR count). The highest BCUT2D eigenvalue weighted by molar-refractivity contribution is 4.91. The molecule has 0 aliphatic carbocycles. The third-order valence-corrected chi connectivity index (χ3v) is 0.789. The molecule has 0 saturated heterocycles. The molecule has 1 N–H and O–H groups in total. The van der Waals surface area contributed by atoms with Gasteiger partial charge in [0, 0.05) is 0 Å². The Balaban J connectivity index is 3.45. The Hall–Kier alpha value is -0.340. The smallest absolute Gasteiger partial charge is 0.100 e. The SMILES string of the molecule is CC(C)(C)/C=C/COO. The van der Waals surface area contributed by atoms with E-state index >= 15 is 0 Å². The summed E-state index contributed by atoms with van der Waals surface area (Å²) in [6.07, 6.45) is 3.78. The Kier molecular flexibility index (Phi) is 3.50. The van der Waals surface area contributed by atoms with Gasteiger partial charge in [0.05, 0.1) is 0 Å². The highest BCUT2D eigenvalue weighted by atomic mass is 17.1.